The normalized spacial score (nSPS) is 15.2. The quantitative estimate of drug-likeness (QED) is 0.847. The minimum atomic E-state index is -0.244. The number of carbonyl (C=O) groups excluding carboxylic acids is 1. The first-order chi connectivity index (χ1) is 9.13. The van der Waals surface area contributed by atoms with Crippen molar-refractivity contribution < 1.29 is 9.90 Å². The van der Waals surface area contributed by atoms with Gasteiger partial charge >= 0.3 is 0 Å². The predicted octanol–water partition coefficient (Wildman–Crippen LogP) is 2.61. The van der Waals surface area contributed by atoms with Crippen molar-refractivity contribution in [3.05, 3.63) is 29.3 Å². The van der Waals surface area contributed by atoms with Gasteiger partial charge in [-0.25, -0.2) is 0 Å². The first kappa shape index (κ1) is 13.4. The summed E-state index contributed by atoms with van der Waals surface area (Å²) in [5.41, 5.74) is 1.19. The smallest absolute Gasteiger partial charge is 0.258 e. The van der Waals surface area contributed by atoms with Gasteiger partial charge in [-0.3, -0.25) is 4.79 Å². The molecule has 1 N–H and O–H groups in total. The Morgan fingerprint density at radius 3 is 2.74 bits per heavy atom. The van der Waals surface area contributed by atoms with E-state index in [1.165, 1.54) is 0 Å². The average molecular weight is 258 g/mol. The minimum Gasteiger partial charge on any atom is -0.507 e. The molecule has 1 aromatic carbocycles. The summed E-state index contributed by atoms with van der Waals surface area (Å²) in [6.45, 7) is 1.94. The average Bonchev–Trinajstić information content (AvgIpc) is 2.89. The standard InChI is InChI=1S/C15H18N2O2/c1-11-6-7-13(14(18)10-11)15(19)17(9-8-16)12-4-2-3-5-12/h6-7,10,12,18H,2-5,9H2,1H3. The van der Waals surface area contributed by atoms with Crippen LogP contribution in [0.5, 0.6) is 5.75 Å². The summed E-state index contributed by atoms with van der Waals surface area (Å²) in [4.78, 5) is 14.1. The van der Waals surface area contributed by atoms with Gasteiger partial charge in [0.2, 0.25) is 0 Å². The molecule has 1 fully saturated rings. The molecule has 0 aromatic heterocycles. The molecule has 0 unspecified atom stereocenters. The van der Waals surface area contributed by atoms with Crippen molar-refractivity contribution in [3.63, 3.8) is 0 Å². The lowest BCUT2D eigenvalue weighted by Crippen LogP contribution is -2.39. The van der Waals surface area contributed by atoms with E-state index >= 15 is 0 Å². The van der Waals surface area contributed by atoms with Crippen LogP contribution >= 0.6 is 0 Å². The molecule has 0 aliphatic heterocycles. The van der Waals surface area contributed by atoms with Crippen LogP contribution in [0.2, 0.25) is 0 Å². The van der Waals surface area contributed by atoms with Crippen LogP contribution in [0, 0.1) is 18.3 Å². The highest BCUT2D eigenvalue weighted by molar-refractivity contribution is 5.97. The van der Waals surface area contributed by atoms with Gasteiger partial charge in [0.1, 0.15) is 12.3 Å². The number of phenols is 1. The van der Waals surface area contributed by atoms with Gasteiger partial charge in [0.15, 0.2) is 0 Å². The van der Waals surface area contributed by atoms with Gasteiger partial charge < -0.3 is 10.0 Å². The van der Waals surface area contributed by atoms with Gasteiger partial charge in [-0.2, -0.15) is 5.26 Å². The number of nitriles is 1. The lowest BCUT2D eigenvalue weighted by molar-refractivity contribution is 0.0706. The van der Waals surface area contributed by atoms with E-state index in [4.69, 9.17) is 5.26 Å². The van der Waals surface area contributed by atoms with E-state index in [1.54, 1.807) is 23.1 Å². The number of benzene rings is 1. The van der Waals surface area contributed by atoms with Gasteiger partial charge in [-0.1, -0.05) is 18.9 Å². The Morgan fingerprint density at radius 2 is 2.16 bits per heavy atom. The van der Waals surface area contributed by atoms with Gasteiger partial charge in [0.05, 0.1) is 11.6 Å². The molecule has 4 nitrogen and oxygen atoms in total. The number of aryl methyl sites for hydroxylation is 1. The molecule has 1 aromatic rings. The summed E-state index contributed by atoms with van der Waals surface area (Å²) >= 11 is 0. The Morgan fingerprint density at radius 1 is 1.47 bits per heavy atom. The third-order valence-corrected chi connectivity index (χ3v) is 3.65. The summed E-state index contributed by atoms with van der Waals surface area (Å²) in [6, 6.07) is 7.19. The van der Waals surface area contributed by atoms with Crippen molar-refractivity contribution in [2.75, 3.05) is 6.54 Å². The molecular formula is C15H18N2O2. The summed E-state index contributed by atoms with van der Waals surface area (Å²) < 4.78 is 0. The Balaban J connectivity index is 2.25. The van der Waals surface area contributed by atoms with Crippen molar-refractivity contribution >= 4 is 5.91 Å². The van der Waals surface area contributed by atoms with E-state index in [0.29, 0.717) is 0 Å². The van der Waals surface area contributed by atoms with Crippen molar-refractivity contribution in [2.24, 2.45) is 0 Å². The number of rotatable bonds is 3. The van der Waals surface area contributed by atoms with E-state index in [2.05, 4.69) is 0 Å². The lowest BCUT2D eigenvalue weighted by atomic mass is 10.1. The van der Waals surface area contributed by atoms with Gasteiger partial charge in [0, 0.05) is 6.04 Å². The maximum Gasteiger partial charge on any atom is 0.258 e. The zero-order valence-corrected chi connectivity index (χ0v) is 11.1. The highest BCUT2D eigenvalue weighted by Gasteiger charge is 2.28. The number of nitrogens with zero attached hydrogens (tertiary/aromatic N) is 2. The molecule has 0 saturated heterocycles. The van der Waals surface area contributed by atoms with E-state index in [9.17, 15) is 9.90 Å². The Bertz CT molecular complexity index is 513. The molecule has 4 heteroatoms. The number of hydrogen-bond donors (Lipinski definition) is 1. The molecule has 0 bridgehead atoms. The number of amides is 1. The fraction of sp³-hybridized carbons (Fsp3) is 0.467. The second-order valence-electron chi connectivity index (χ2n) is 5.05. The summed E-state index contributed by atoms with van der Waals surface area (Å²) in [5.74, 6) is -0.253. The molecule has 100 valence electrons. The zero-order valence-electron chi connectivity index (χ0n) is 11.1. The maximum absolute atomic E-state index is 12.5. The van der Waals surface area contributed by atoms with E-state index < -0.39 is 0 Å². The fourth-order valence-corrected chi connectivity index (χ4v) is 2.64. The van der Waals surface area contributed by atoms with Crippen LogP contribution in [0.15, 0.2) is 18.2 Å². The van der Waals surface area contributed by atoms with Crippen LogP contribution in [-0.4, -0.2) is 28.5 Å². The van der Waals surface area contributed by atoms with E-state index in [-0.39, 0.29) is 29.8 Å². The SMILES string of the molecule is Cc1ccc(C(=O)N(CC#N)C2CCCC2)c(O)c1. The number of carbonyl (C=O) groups is 1. The van der Waals surface area contributed by atoms with Crippen molar-refractivity contribution in [2.45, 2.75) is 38.6 Å². The van der Waals surface area contributed by atoms with Crippen LogP contribution in [0.4, 0.5) is 0 Å². The topological polar surface area (TPSA) is 64.3 Å². The van der Waals surface area contributed by atoms with Crippen LogP contribution < -0.4 is 0 Å². The van der Waals surface area contributed by atoms with Gasteiger partial charge in [-0.15, -0.1) is 0 Å². The number of aromatic hydroxyl groups is 1. The number of hydrogen-bond acceptors (Lipinski definition) is 3. The van der Waals surface area contributed by atoms with Crippen molar-refractivity contribution in [1.29, 1.82) is 5.26 Å². The van der Waals surface area contributed by atoms with E-state index in [0.717, 1.165) is 31.2 Å². The van der Waals surface area contributed by atoms with Gasteiger partial charge in [0.25, 0.3) is 5.91 Å². The van der Waals surface area contributed by atoms with Crippen LogP contribution in [0.3, 0.4) is 0 Å². The van der Waals surface area contributed by atoms with Crippen LogP contribution in [-0.2, 0) is 0 Å². The lowest BCUT2D eigenvalue weighted by Gasteiger charge is -2.26. The summed E-state index contributed by atoms with van der Waals surface area (Å²) in [7, 11) is 0. The number of phenolic OH excluding ortho intramolecular Hbond substituents is 1. The minimum absolute atomic E-state index is 0.00839. The third-order valence-electron chi connectivity index (χ3n) is 3.65. The van der Waals surface area contributed by atoms with Crippen molar-refractivity contribution in [1.82, 2.24) is 4.90 Å². The van der Waals surface area contributed by atoms with Crippen LogP contribution in [0.25, 0.3) is 0 Å². The summed E-state index contributed by atoms with van der Waals surface area (Å²) in [5, 5.41) is 18.8. The molecule has 1 saturated carbocycles. The fourth-order valence-electron chi connectivity index (χ4n) is 2.64. The molecule has 0 spiro atoms. The highest BCUT2D eigenvalue weighted by atomic mass is 16.3. The molecule has 0 radical (unpaired) electrons. The second kappa shape index (κ2) is 5.75. The van der Waals surface area contributed by atoms with Crippen molar-refractivity contribution in [3.8, 4) is 11.8 Å². The Labute approximate surface area is 113 Å². The van der Waals surface area contributed by atoms with Crippen LogP contribution in [0.1, 0.15) is 41.6 Å². The Hall–Kier alpha value is -2.02. The highest BCUT2D eigenvalue weighted by Crippen LogP contribution is 2.27. The first-order valence-corrected chi connectivity index (χ1v) is 6.61. The largest absolute Gasteiger partial charge is 0.507 e. The van der Waals surface area contributed by atoms with Gasteiger partial charge in [-0.05, 0) is 37.5 Å². The third kappa shape index (κ3) is 2.87. The first-order valence-electron chi connectivity index (χ1n) is 6.61. The molecule has 2 rings (SSSR count). The summed E-state index contributed by atoms with van der Waals surface area (Å²) in [6.07, 6.45) is 4.08. The molecule has 1 aliphatic carbocycles. The van der Waals surface area contributed by atoms with E-state index in [1.807, 2.05) is 13.0 Å². The molecule has 0 heterocycles. The predicted molar refractivity (Wildman–Crippen MR) is 71.7 cm³/mol. The zero-order chi connectivity index (χ0) is 13.8. The Kier molecular flexibility index (Phi) is 4.06. The molecule has 19 heavy (non-hydrogen) atoms. The maximum atomic E-state index is 12.5. The second-order valence-corrected chi connectivity index (χ2v) is 5.05. The molecular weight excluding hydrogens is 240 g/mol. The molecule has 1 aliphatic rings. The molecule has 0 atom stereocenters. The molecule has 1 amide bonds. The monoisotopic (exact) mass is 258 g/mol.